The van der Waals surface area contributed by atoms with Gasteiger partial charge in [0.05, 0.1) is 23.7 Å². The maximum absolute atomic E-state index is 12.5. The Labute approximate surface area is 195 Å². The number of thiazole rings is 1. The van der Waals surface area contributed by atoms with Gasteiger partial charge in [-0.1, -0.05) is 30.3 Å². The summed E-state index contributed by atoms with van der Waals surface area (Å²) in [6.45, 7) is 4.50. The van der Waals surface area contributed by atoms with E-state index in [4.69, 9.17) is 9.72 Å². The van der Waals surface area contributed by atoms with E-state index in [1.54, 1.807) is 16.4 Å². The van der Waals surface area contributed by atoms with Crippen molar-refractivity contribution in [1.82, 2.24) is 14.8 Å². The van der Waals surface area contributed by atoms with Gasteiger partial charge in [-0.2, -0.15) is 9.78 Å². The van der Waals surface area contributed by atoms with Crippen LogP contribution in [0.1, 0.15) is 18.2 Å². The van der Waals surface area contributed by atoms with Crippen molar-refractivity contribution in [3.8, 4) is 22.1 Å². The average Bonchev–Trinajstić information content (AvgIpc) is 3.42. The van der Waals surface area contributed by atoms with Crippen LogP contribution < -0.4 is 10.1 Å². The zero-order chi connectivity index (χ0) is 22.3. The van der Waals surface area contributed by atoms with Crippen molar-refractivity contribution < 1.29 is 9.53 Å². The van der Waals surface area contributed by atoms with Gasteiger partial charge in [0, 0.05) is 22.8 Å². The summed E-state index contributed by atoms with van der Waals surface area (Å²) in [4.78, 5) is 17.2. The molecule has 0 fully saturated rings. The molecule has 0 aliphatic rings. The molecule has 0 unspecified atom stereocenters. The summed E-state index contributed by atoms with van der Waals surface area (Å²) < 4.78 is 7.20. The molecule has 164 valence electrons. The standard InChI is InChI=1S/C24H24N4O2S2/c1-3-30-20-11-9-19(10-12-20)21-15-32-24(25-21)28-22(13-17(2)27-28)26-23(29)16-31-14-18-7-5-4-6-8-18/h4-13,15H,3,14,16H2,1-2H3,(H,26,29). The van der Waals surface area contributed by atoms with Gasteiger partial charge in [0.1, 0.15) is 11.6 Å². The van der Waals surface area contributed by atoms with E-state index in [2.05, 4.69) is 22.5 Å². The van der Waals surface area contributed by atoms with E-state index in [1.807, 2.05) is 67.8 Å². The second-order valence-corrected chi connectivity index (χ2v) is 8.90. The lowest BCUT2D eigenvalue weighted by atomic mass is 10.2. The quantitative estimate of drug-likeness (QED) is 0.350. The highest BCUT2D eigenvalue weighted by molar-refractivity contribution is 7.99. The molecule has 2 aromatic heterocycles. The van der Waals surface area contributed by atoms with Crippen molar-refractivity contribution in [2.45, 2.75) is 19.6 Å². The fourth-order valence-electron chi connectivity index (χ4n) is 3.13. The minimum absolute atomic E-state index is 0.0598. The van der Waals surface area contributed by atoms with E-state index < -0.39 is 0 Å². The number of nitrogens with one attached hydrogen (secondary N) is 1. The number of carbonyl (C=O) groups is 1. The number of amides is 1. The molecule has 4 rings (SSSR count). The lowest BCUT2D eigenvalue weighted by Gasteiger charge is -2.07. The number of aryl methyl sites for hydroxylation is 1. The molecule has 6 nitrogen and oxygen atoms in total. The Bertz CT molecular complexity index is 1170. The van der Waals surface area contributed by atoms with Crippen LogP contribution in [0, 0.1) is 6.92 Å². The Morgan fingerprint density at radius 3 is 2.69 bits per heavy atom. The van der Waals surface area contributed by atoms with Crippen LogP contribution in [0.3, 0.4) is 0 Å². The summed E-state index contributed by atoms with van der Waals surface area (Å²) in [7, 11) is 0. The van der Waals surface area contributed by atoms with Crippen LogP contribution in [-0.2, 0) is 10.5 Å². The minimum Gasteiger partial charge on any atom is -0.494 e. The third-order valence-electron chi connectivity index (χ3n) is 4.58. The van der Waals surface area contributed by atoms with Crippen LogP contribution in [0.5, 0.6) is 5.75 Å². The Morgan fingerprint density at radius 2 is 1.94 bits per heavy atom. The molecular weight excluding hydrogens is 440 g/mol. The van der Waals surface area contributed by atoms with Gasteiger partial charge in [0.15, 0.2) is 0 Å². The molecule has 0 radical (unpaired) electrons. The van der Waals surface area contributed by atoms with E-state index >= 15 is 0 Å². The highest BCUT2D eigenvalue weighted by atomic mass is 32.2. The van der Waals surface area contributed by atoms with E-state index in [9.17, 15) is 4.79 Å². The van der Waals surface area contributed by atoms with Gasteiger partial charge in [-0.25, -0.2) is 4.98 Å². The van der Waals surface area contributed by atoms with Crippen LogP contribution in [0.2, 0.25) is 0 Å². The Balaban J connectivity index is 1.42. The molecule has 0 saturated carbocycles. The number of benzene rings is 2. The summed E-state index contributed by atoms with van der Waals surface area (Å²) in [6, 6.07) is 19.8. The summed E-state index contributed by atoms with van der Waals surface area (Å²) in [5.41, 5.74) is 3.88. The molecule has 32 heavy (non-hydrogen) atoms. The number of ether oxygens (including phenoxy) is 1. The van der Waals surface area contributed by atoms with E-state index in [-0.39, 0.29) is 5.91 Å². The van der Waals surface area contributed by atoms with Gasteiger partial charge in [0.2, 0.25) is 11.0 Å². The number of carbonyl (C=O) groups excluding carboxylic acids is 1. The van der Waals surface area contributed by atoms with Gasteiger partial charge in [0.25, 0.3) is 0 Å². The molecule has 8 heteroatoms. The molecule has 0 aliphatic heterocycles. The summed E-state index contributed by atoms with van der Waals surface area (Å²) in [5.74, 6) is 2.57. The Hall–Kier alpha value is -3.10. The van der Waals surface area contributed by atoms with Crippen molar-refractivity contribution in [2.75, 3.05) is 17.7 Å². The van der Waals surface area contributed by atoms with Crippen LogP contribution in [0.25, 0.3) is 16.4 Å². The fourth-order valence-corrected chi connectivity index (χ4v) is 4.72. The fraction of sp³-hybridized carbons (Fsp3) is 0.208. The lowest BCUT2D eigenvalue weighted by Crippen LogP contribution is -2.17. The normalized spacial score (nSPS) is 10.8. The topological polar surface area (TPSA) is 69.0 Å². The van der Waals surface area contributed by atoms with Crippen molar-refractivity contribution in [3.63, 3.8) is 0 Å². The van der Waals surface area contributed by atoms with Gasteiger partial charge in [-0.3, -0.25) is 4.79 Å². The SMILES string of the molecule is CCOc1ccc(-c2csc(-n3nc(C)cc3NC(=O)CSCc3ccccc3)n2)cc1. The Morgan fingerprint density at radius 1 is 1.16 bits per heavy atom. The summed E-state index contributed by atoms with van der Waals surface area (Å²) >= 11 is 3.07. The van der Waals surface area contributed by atoms with Crippen LogP contribution in [0.15, 0.2) is 66.0 Å². The molecule has 0 atom stereocenters. The van der Waals surface area contributed by atoms with Crippen molar-refractivity contribution in [1.29, 1.82) is 0 Å². The molecular formula is C24H24N4O2S2. The number of aromatic nitrogens is 3. The second-order valence-electron chi connectivity index (χ2n) is 7.08. The molecule has 0 aliphatic carbocycles. The molecule has 4 aromatic rings. The minimum atomic E-state index is -0.0598. The third kappa shape index (κ3) is 5.57. The largest absolute Gasteiger partial charge is 0.494 e. The molecule has 0 spiro atoms. The maximum Gasteiger partial charge on any atom is 0.235 e. The molecule has 0 bridgehead atoms. The first-order valence-corrected chi connectivity index (χ1v) is 12.3. The first-order chi connectivity index (χ1) is 15.6. The predicted octanol–water partition coefficient (Wildman–Crippen LogP) is 5.57. The highest BCUT2D eigenvalue weighted by Gasteiger charge is 2.15. The molecule has 1 amide bonds. The molecule has 1 N–H and O–H groups in total. The number of thioether (sulfide) groups is 1. The second kappa shape index (κ2) is 10.5. The average molecular weight is 465 g/mol. The molecule has 2 heterocycles. The van der Waals surface area contributed by atoms with Crippen molar-refractivity contribution >= 4 is 34.8 Å². The molecule has 0 saturated heterocycles. The number of nitrogens with zero attached hydrogens (tertiary/aromatic N) is 3. The van der Waals surface area contributed by atoms with Gasteiger partial charge < -0.3 is 10.1 Å². The smallest absolute Gasteiger partial charge is 0.235 e. The number of rotatable bonds is 9. The van der Waals surface area contributed by atoms with Crippen LogP contribution >= 0.6 is 23.1 Å². The zero-order valence-corrected chi connectivity index (χ0v) is 19.6. The Kier molecular flexibility index (Phi) is 7.24. The predicted molar refractivity (Wildman–Crippen MR) is 132 cm³/mol. The third-order valence-corrected chi connectivity index (χ3v) is 6.40. The van der Waals surface area contributed by atoms with Crippen molar-refractivity contribution in [3.05, 3.63) is 77.3 Å². The highest BCUT2D eigenvalue weighted by Crippen LogP contribution is 2.28. The van der Waals surface area contributed by atoms with Crippen LogP contribution in [-0.4, -0.2) is 33.0 Å². The van der Waals surface area contributed by atoms with Crippen LogP contribution in [0.4, 0.5) is 5.82 Å². The monoisotopic (exact) mass is 464 g/mol. The van der Waals surface area contributed by atoms with E-state index in [0.717, 1.165) is 28.5 Å². The first-order valence-electron chi connectivity index (χ1n) is 10.3. The number of hydrogen-bond acceptors (Lipinski definition) is 6. The first kappa shape index (κ1) is 22.1. The van der Waals surface area contributed by atoms with E-state index in [1.165, 1.54) is 16.9 Å². The van der Waals surface area contributed by atoms with Gasteiger partial charge >= 0.3 is 0 Å². The molecule has 2 aromatic carbocycles. The summed E-state index contributed by atoms with van der Waals surface area (Å²) in [5, 5.41) is 10.2. The number of anilines is 1. The van der Waals surface area contributed by atoms with Gasteiger partial charge in [-0.05, 0) is 43.7 Å². The number of hydrogen-bond donors (Lipinski definition) is 1. The lowest BCUT2D eigenvalue weighted by molar-refractivity contribution is -0.113. The van der Waals surface area contributed by atoms with Crippen molar-refractivity contribution in [2.24, 2.45) is 0 Å². The van der Waals surface area contributed by atoms with E-state index in [0.29, 0.717) is 23.3 Å². The van der Waals surface area contributed by atoms with Gasteiger partial charge in [-0.15, -0.1) is 23.1 Å². The summed E-state index contributed by atoms with van der Waals surface area (Å²) in [6.07, 6.45) is 0. The zero-order valence-electron chi connectivity index (χ0n) is 17.9. The maximum atomic E-state index is 12.5.